The zero-order valence-corrected chi connectivity index (χ0v) is 8.15. The van der Waals surface area contributed by atoms with E-state index in [-0.39, 0.29) is 0 Å². The van der Waals surface area contributed by atoms with Crippen LogP contribution < -0.4 is 0 Å². The summed E-state index contributed by atoms with van der Waals surface area (Å²) in [6.07, 6.45) is 2.92. The zero-order valence-electron chi connectivity index (χ0n) is 8.15. The third-order valence-electron chi connectivity index (χ3n) is 2.52. The van der Waals surface area contributed by atoms with E-state index in [1.54, 1.807) is 0 Å². The Morgan fingerprint density at radius 3 is 1.20 bits per heavy atom. The van der Waals surface area contributed by atoms with Crippen LogP contribution >= 0.6 is 0 Å². The quantitative estimate of drug-likeness (QED) is 0.483. The summed E-state index contributed by atoms with van der Waals surface area (Å²) in [7, 11) is 0. The van der Waals surface area contributed by atoms with Crippen LogP contribution in [0.1, 0.15) is 47.5 Å². The summed E-state index contributed by atoms with van der Waals surface area (Å²) in [4.78, 5) is 0. The second-order valence-corrected chi connectivity index (χ2v) is 3.53. The zero-order chi connectivity index (χ0) is 8.15. The van der Waals surface area contributed by atoms with Gasteiger partial charge in [-0.25, -0.2) is 0 Å². The third kappa shape index (κ3) is 2.72. The average molecular weight is 142 g/mol. The van der Waals surface area contributed by atoms with Crippen molar-refractivity contribution in [2.24, 2.45) is 17.8 Å². The van der Waals surface area contributed by atoms with Crippen molar-refractivity contribution in [3.05, 3.63) is 0 Å². The molecule has 10 heavy (non-hydrogen) atoms. The first-order valence-corrected chi connectivity index (χ1v) is 4.70. The molecule has 0 aliphatic heterocycles. The predicted molar refractivity (Wildman–Crippen MR) is 48.1 cm³/mol. The predicted octanol–water partition coefficient (Wildman–Crippen LogP) is 3.71. The second kappa shape index (κ2) is 4.76. The van der Waals surface area contributed by atoms with Gasteiger partial charge in [0, 0.05) is 0 Å². The SMILES string of the molecule is CC.CC1CC(C)C(C)C1. The maximum atomic E-state index is 2.37. The van der Waals surface area contributed by atoms with Crippen LogP contribution in [-0.2, 0) is 0 Å². The molecule has 0 nitrogen and oxygen atoms in total. The minimum absolute atomic E-state index is 0.991. The smallest absolute Gasteiger partial charge is 0.0414 e. The van der Waals surface area contributed by atoms with E-state index >= 15 is 0 Å². The molecule has 0 aromatic heterocycles. The van der Waals surface area contributed by atoms with Crippen LogP contribution in [-0.4, -0.2) is 0 Å². The van der Waals surface area contributed by atoms with E-state index in [4.69, 9.17) is 0 Å². The molecule has 1 aliphatic carbocycles. The molecule has 0 N–H and O–H groups in total. The van der Waals surface area contributed by atoms with Crippen LogP contribution in [0, 0.1) is 17.8 Å². The van der Waals surface area contributed by atoms with Crippen LogP contribution in [0.3, 0.4) is 0 Å². The molecule has 0 saturated heterocycles. The Morgan fingerprint density at radius 2 is 1.10 bits per heavy atom. The van der Waals surface area contributed by atoms with Crippen LogP contribution in [0.5, 0.6) is 0 Å². The molecule has 62 valence electrons. The summed E-state index contributed by atoms with van der Waals surface area (Å²) in [6, 6.07) is 0. The van der Waals surface area contributed by atoms with Gasteiger partial charge in [-0.2, -0.15) is 0 Å². The van der Waals surface area contributed by atoms with Gasteiger partial charge in [-0.05, 0) is 30.6 Å². The van der Waals surface area contributed by atoms with E-state index in [0.29, 0.717) is 0 Å². The van der Waals surface area contributed by atoms with Crippen LogP contribution in [0.2, 0.25) is 0 Å². The van der Waals surface area contributed by atoms with E-state index in [2.05, 4.69) is 20.8 Å². The summed E-state index contributed by atoms with van der Waals surface area (Å²) in [5.74, 6) is 2.98. The number of rotatable bonds is 0. The van der Waals surface area contributed by atoms with Crippen LogP contribution in [0.25, 0.3) is 0 Å². The van der Waals surface area contributed by atoms with Crippen molar-refractivity contribution in [3.8, 4) is 0 Å². The van der Waals surface area contributed by atoms with Gasteiger partial charge >= 0.3 is 0 Å². The summed E-state index contributed by atoms with van der Waals surface area (Å²) in [5, 5.41) is 0. The summed E-state index contributed by atoms with van der Waals surface area (Å²) >= 11 is 0. The molecule has 2 unspecified atom stereocenters. The lowest BCUT2D eigenvalue weighted by Crippen LogP contribution is -1.95. The largest absolute Gasteiger partial charge is 0.0683 e. The Bertz CT molecular complexity index is 66.1. The standard InChI is InChI=1S/C8H16.C2H6/c1-6-4-7(2)8(3)5-6;1-2/h6-8H,4-5H2,1-3H3;1-2H3. The van der Waals surface area contributed by atoms with E-state index < -0.39 is 0 Å². The molecular weight excluding hydrogens is 120 g/mol. The van der Waals surface area contributed by atoms with Gasteiger partial charge in [0.1, 0.15) is 0 Å². The van der Waals surface area contributed by atoms with Crippen LogP contribution in [0.15, 0.2) is 0 Å². The van der Waals surface area contributed by atoms with E-state index in [1.807, 2.05) is 13.8 Å². The molecule has 0 aromatic carbocycles. The van der Waals surface area contributed by atoms with Gasteiger partial charge in [0.05, 0.1) is 0 Å². The Labute approximate surface area is 66.0 Å². The normalized spacial score (nSPS) is 38.7. The molecule has 1 fully saturated rings. The fourth-order valence-electron chi connectivity index (χ4n) is 1.83. The molecule has 1 rings (SSSR count). The van der Waals surface area contributed by atoms with Gasteiger partial charge in [0.25, 0.3) is 0 Å². The number of hydrogen-bond acceptors (Lipinski definition) is 0. The first kappa shape index (κ1) is 10.0. The average Bonchev–Trinajstić information content (AvgIpc) is 2.16. The Balaban J connectivity index is 0.000000371. The van der Waals surface area contributed by atoms with Crippen molar-refractivity contribution >= 4 is 0 Å². The topological polar surface area (TPSA) is 0 Å². The first-order chi connectivity index (χ1) is 4.70. The number of hydrogen-bond donors (Lipinski definition) is 0. The fourth-order valence-corrected chi connectivity index (χ4v) is 1.83. The highest BCUT2D eigenvalue weighted by Gasteiger charge is 2.24. The lowest BCUT2D eigenvalue weighted by molar-refractivity contribution is 0.457. The maximum absolute atomic E-state index is 2.37. The molecule has 0 bridgehead atoms. The Kier molecular flexibility index (Phi) is 4.76. The molecule has 1 saturated carbocycles. The second-order valence-electron chi connectivity index (χ2n) is 3.53. The molecular formula is C10H22. The highest BCUT2D eigenvalue weighted by molar-refractivity contribution is 4.74. The minimum atomic E-state index is 0.991. The highest BCUT2D eigenvalue weighted by Crippen LogP contribution is 2.34. The summed E-state index contributed by atoms with van der Waals surface area (Å²) in [5.41, 5.74) is 0. The van der Waals surface area contributed by atoms with E-state index in [1.165, 1.54) is 12.8 Å². The van der Waals surface area contributed by atoms with Crippen molar-refractivity contribution in [1.29, 1.82) is 0 Å². The van der Waals surface area contributed by atoms with Crippen molar-refractivity contribution in [3.63, 3.8) is 0 Å². The van der Waals surface area contributed by atoms with Gasteiger partial charge in [0.2, 0.25) is 0 Å². The molecule has 0 heteroatoms. The lowest BCUT2D eigenvalue weighted by atomic mass is 10.0. The van der Waals surface area contributed by atoms with Gasteiger partial charge in [-0.1, -0.05) is 34.6 Å². The lowest BCUT2D eigenvalue weighted by Gasteiger charge is -2.04. The Morgan fingerprint density at radius 1 is 0.800 bits per heavy atom. The third-order valence-corrected chi connectivity index (χ3v) is 2.52. The highest BCUT2D eigenvalue weighted by atomic mass is 14.3. The van der Waals surface area contributed by atoms with Crippen molar-refractivity contribution < 1.29 is 0 Å². The molecule has 0 amide bonds. The van der Waals surface area contributed by atoms with Gasteiger partial charge < -0.3 is 0 Å². The molecule has 1 aliphatic rings. The minimum Gasteiger partial charge on any atom is -0.0683 e. The fraction of sp³-hybridized carbons (Fsp3) is 1.00. The van der Waals surface area contributed by atoms with Gasteiger partial charge in [0.15, 0.2) is 0 Å². The monoisotopic (exact) mass is 142 g/mol. The molecule has 0 spiro atoms. The van der Waals surface area contributed by atoms with Gasteiger partial charge in [-0.3, -0.25) is 0 Å². The van der Waals surface area contributed by atoms with E-state index in [0.717, 1.165) is 17.8 Å². The maximum Gasteiger partial charge on any atom is -0.0414 e. The summed E-state index contributed by atoms with van der Waals surface area (Å²) in [6.45, 7) is 11.1. The first-order valence-electron chi connectivity index (χ1n) is 4.70. The summed E-state index contributed by atoms with van der Waals surface area (Å²) < 4.78 is 0. The van der Waals surface area contributed by atoms with Crippen molar-refractivity contribution in [2.45, 2.75) is 47.5 Å². The van der Waals surface area contributed by atoms with Crippen molar-refractivity contribution in [2.75, 3.05) is 0 Å². The van der Waals surface area contributed by atoms with Gasteiger partial charge in [-0.15, -0.1) is 0 Å². The van der Waals surface area contributed by atoms with Crippen LogP contribution in [0.4, 0.5) is 0 Å². The molecule has 0 radical (unpaired) electrons. The molecule has 0 heterocycles. The Hall–Kier alpha value is 0. The molecule has 0 aromatic rings. The van der Waals surface area contributed by atoms with E-state index in [9.17, 15) is 0 Å². The van der Waals surface area contributed by atoms with Crippen molar-refractivity contribution in [1.82, 2.24) is 0 Å². The molecule has 2 atom stereocenters.